The van der Waals surface area contributed by atoms with Gasteiger partial charge in [0.1, 0.15) is 28.9 Å². The molecular weight excluding hydrogens is 428 g/mol. The number of fused-ring (bicyclic) bond motifs is 2. The molecular formula is C28H20N2O4. The quantitative estimate of drug-likeness (QED) is 0.337. The van der Waals surface area contributed by atoms with Crippen molar-refractivity contribution in [3.8, 4) is 23.3 Å². The minimum atomic E-state index is -0.472. The zero-order chi connectivity index (χ0) is 23.7. The molecule has 6 heteroatoms. The standard InChI is InChI=1S/C28H20N2O4/c1-32-19-11-9-18(10-12-19)26-23-14-13-20(15-25(23)34-27(30)24(26)16-29)33-28(31)22-8-4-6-17-5-2-3-7-21(17)22/h2-15,26H,30H2,1H3/t26-/m0/s1. The van der Waals surface area contributed by atoms with Crippen molar-refractivity contribution < 1.29 is 19.0 Å². The van der Waals surface area contributed by atoms with Crippen molar-refractivity contribution in [1.29, 1.82) is 5.26 Å². The van der Waals surface area contributed by atoms with Gasteiger partial charge in [0.25, 0.3) is 0 Å². The molecule has 1 aliphatic heterocycles. The summed E-state index contributed by atoms with van der Waals surface area (Å²) in [6.07, 6.45) is 0. The Balaban J connectivity index is 1.49. The summed E-state index contributed by atoms with van der Waals surface area (Å²) in [5.74, 6) is 0.595. The second kappa shape index (κ2) is 8.64. The Morgan fingerprint density at radius 1 is 0.971 bits per heavy atom. The summed E-state index contributed by atoms with van der Waals surface area (Å²) < 4.78 is 16.7. The Hall–Kier alpha value is -4.76. The van der Waals surface area contributed by atoms with E-state index >= 15 is 0 Å². The summed E-state index contributed by atoms with van der Waals surface area (Å²) >= 11 is 0. The number of carbonyl (C=O) groups is 1. The van der Waals surface area contributed by atoms with Crippen LogP contribution in [0.4, 0.5) is 0 Å². The molecule has 6 nitrogen and oxygen atoms in total. The third kappa shape index (κ3) is 3.70. The molecule has 0 spiro atoms. The molecule has 0 fully saturated rings. The van der Waals surface area contributed by atoms with Crippen LogP contribution in [0.15, 0.2) is 96.4 Å². The van der Waals surface area contributed by atoms with Crippen LogP contribution in [0.1, 0.15) is 27.4 Å². The summed E-state index contributed by atoms with van der Waals surface area (Å²) in [6, 6.07) is 27.8. The summed E-state index contributed by atoms with van der Waals surface area (Å²) in [6.45, 7) is 0. The normalized spacial score (nSPS) is 14.6. The number of methoxy groups -OCH3 is 1. The zero-order valence-corrected chi connectivity index (χ0v) is 18.3. The molecule has 166 valence electrons. The van der Waals surface area contributed by atoms with Gasteiger partial charge in [-0.2, -0.15) is 5.26 Å². The third-order valence-electron chi connectivity index (χ3n) is 5.86. The van der Waals surface area contributed by atoms with Gasteiger partial charge in [-0.25, -0.2) is 4.79 Å². The van der Waals surface area contributed by atoms with E-state index in [4.69, 9.17) is 19.9 Å². The Morgan fingerprint density at radius 2 is 1.71 bits per heavy atom. The maximum atomic E-state index is 13.0. The molecule has 0 unspecified atom stereocenters. The molecule has 0 radical (unpaired) electrons. The van der Waals surface area contributed by atoms with E-state index in [1.165, 1.54) is 0 Å². The monoisotopic (exact) mass is 448 g/mol. The van der Waals surface area contributed by atoms with E-state index in [0.29, 0.717) is 28.4 Å². The number of allylic oxidation sites excluding steroid dienone is 1. The number of nitriles is 1. The van der Waals surface area contributed by atoms with E-state index in [-0.39, 0.29) is 5.88 Å². The maximum absolute atomic E-state index is 13.0. The smallest absolute Gasteiger partial charge is 0.344 e. The van der Waals surface area contributed by atoms with Crippen LogP contribution in [0.5, 0.6) is 17.2 Å². The second-order valence-electron chi connectivity index (χ2n) is 7.81. The van der Waals surface area contributed by atoms with Crippen molar-refractivity contribution >= 4 is 16.7 Å². The van der Waals surface area contributed by atoms with Gasteiger partial charge in [0.15, 0.2) is 0 Å². The number of carbonyl (C=O) groups excluding carboxylic acids is 1. The van der Waals surface area contributed by atoms with Crippen molar-refractivity contribution in [1.82, 2.24) is 0 Å². The molecule has 4 aromatic carbocycles. The number of nitrogens with two attached hydrogens (primary N) is 1. The van der Waals surface area contributed by atoms with Gasteiger partial charge in [-0.05, 0) is 40.6 Å². The topological polar surface area (TPSA) is 94.6 Å². The van der Waals surface area contributed by atoms with Crippen LogP contribution in [0.25, 0.3) is 10.8 Å². The SMILES string of the molecule is COc1ccc([C@@H]2C(C#N)=C(N)Oc3cc(OC(=O)c4cccc5ccccc45)ccc32)cc1. The zero-order valence-electron chi connectivity index (χ0n) is 18.3. The van der Waals surface area contributed by atoms with Crippen LogP contribution in [0, 0.1) is 11.3 Å². The molecule has 1 heterocycles. The molecule has 5 rings (SSSR count). The molecule has 0 saturated heterocycles. The lowest BCUT2D eigenvalue weighted by Crippen LogP contribution is -2.21. The van der Waals surface area contributed by atoms with Gasteiger partial charge in [-0.15, -0.1) is 0 Å². The van der Waals surface area contributed by atoms with Gasteiger partial charge in [0, 0.05) is 11.6 Å². The van der Waals surface area contributed by atoms with Crippen LogP contribution in [-0.4, -0.2) is 13.1 Å². The van der Waals surface area contributed by atoms with Crippen molar-refractivity contribution in [2.24, 2.45) is 5.73 Å². The van der Waals surface area contributed by atoms with Gasteiger partial charge in [0.2, 0.25) is 5.88 Å². The summed E-state index contributed by atoms with van der Waals surface area (Å²) in [7, 11) is 1.60. The van der Waals surface area contributed by atoms with Crippen molar-refractivity contribution in [3.05, 3.63) is 113 Å². The number of nitrogens with zero attached hydrogens (tertiary/aromatic N) is 1. The van der Waals surface area contributed by atoms with Crippen LogP contribution in [-0.2, 0) is 0 Å². The highest BCUT2D eigenvalue weighted by atomic mass is 16.5. The summed E-state index contributed by atoms with van der Waals surface area (Å²) in [4.78, 5) is 13.0. The molecule has 0 bridgehead atoms. The first kappa shape index (κ1) is 21.1. The third-order valence-corrected chi connectivity index (χ3v) is 5.86. The lowest BCUT2D eigenvalue weighted by Gasteiger charge is -2.26. The largest absolute Gasteiger partial charge is 0.497 e. The fourth-order valence-electron chi connectivity index (χ4n) is 4.20. The molecule has 0 aromatic heterocycles. The first-order valence-corrected chi connectivity index (χ1v) is 10.6. The van der Waals surface area contributed by atoms with E-state index in [2.05, 4.69) is 6.07 Å². The molecule has 2 N–H and O–H groups in total. The van der Waals surface area contributed by atoms with Crippen molar-refractivity contribution in [2.45, 2.75) is 5.92 Å². The maximum Gasteiger partial charge on any atom is 0.344 e. The van der Waals surface area contributed by atoms with Crippen LogP contribution >= 0.6 is 0 Å². The van der Waals surface area contributed by atoms with Crippen LogP contribution in [0.3, 0.4) is 0 Å². The van der Waals surface area contributed by atoms with Crippen molar-refractivity contribution in [2.75, 3.05) is 7.11 Å². The highest BCUT2D eigenvalue weighted by Crippen LogP contribution is 2.43. The fraction of sp³-hybridized carbons (Fsp3) is 0.0714. The first-order chi connectivity index (χ1) is 16.6. The van der Waals surface area contributed by atoms with E-state index in [0.717, 1.165) is 21.9 Å². The Morgan fingerprint density at radius 3 is 2.47 bits per heavy atom. The fourth-order valence-corrected chi connectivity index (χ4v) is 4.20. The van der Waals surface area contributed by atoms with Crippen LogP contribution in [0.2, 0.25) is 0 Å². The predicted molar refractivity (Wildman–Crippen MR) is 128 cm³/mol. The molecule has 1 aliphatic rings. The van der Waals surface area contributed by atoms with E-state index in [1.807, 2.05) is 60.7 Å². The van der Waals surface area contributed by atoms with Gasteiger partial charge in [-0.1, -0.05) is 54.6 Å². The van der Waals surface area contributed by atoms with Crippen molar-refractivity contribution in [3.63, 3.8) is 0 Å². The second-order valence-corrected chi connectivity index (χ2v) is 7.81. The van der Waals surface area contributed by atoms with Gasteiger partial charge in [0.05, 0.1) is 18.6 Å². The first-order valence-electron chi connectivity index (χ1n) is 10.6. The number of benzene rings is 4. The number of hydrogen-bond acceptors (Lipinski definition) is 6. The summed E-state index contributed by atoms with van der Waals surface area (Å²) in [5.41, 5.74) is 8.50. The average molecular weight is 448 g/mol. The van der Waals surface area contributed by atoms with Gasteiger partial charge >= 0.3 is 5.97 Å². The molecule has 0 amide bonds. The highest BCUT2D eigenvalue weighted by molar-refractivity contribution is 6.05. The Labute approximate surface area is 196 Å². The molecule has 0 saturated carbocycles. The molecule has 34 heavy (non-hydrogen) atoms. The Bertz CT molecular complexity index is 1480. The number of rotatable bonds is 4. The van der Waals surface area contributed by atoms with Gasteiger partial charge in [-0.3, -0.25) is 0 Å². The number of hydrogen-bond donors (Lipinski definition) is 1. The average Bonchev–Trinajstić information content (AvgIpc) is 2.87. The highest BCUT2D eigenvalue weighted by Gasteiger charge is 2.31. The lowest BCUT2D eigenvalue weighted by atomic mass is 9.83. The molecule has 0 aliphatic carbocycles. The minimum Gasteiger partial charge on any atom is -0.497 e. The van der Waals surface area contributed by atoms with Crippen LogP contribution < -0.4 is 19.9 Å². The predicted octanol–water partition coefficient (Wildman–Crippen LogP) is 5.29. The number of ether oxygens (including phenoxy) is 3. The van der Waals surface area contributed by atoms with E-state index in [9.17, 15) is 10.1 Å². The van der Waals surface area contributed by atoms with Gasteiger partial charge < -0.3 is 19.9 Å². The minimum absolute atomic E-state index is 0.0216. The summed E-state index contributed by atoms with van der Waals surface area (Å²) in [5, 5.41) is 11.5. The Kier molecular flexibility index (Phi) is 5.36. The molecule has 4 aromatic rings. The molecule has 1 atom stereocenters. The lowest BCUT2D eigenvalue weighted by molar-refractivity contribution is 0.0736. The van der Waals surface area contributed by atoms with E-state index < -0.39 is 11.9 Å². The number of esters is 1. The van der Waals surface area contributed by atoms with E-state index in [1.54, 1.807) is 31.4 Å².